The third-order valence-corrected chi connectivity index (χ3v) is 5.81. The topological polar surface area (TPSA) is 95.9 Å². The monoisotopic (exact) mass is 460 g/mol. The summed E-state index contributed by atoms with van der Waals surface area (Å²) >= 11 is 6.75. The second kappa shape index (κ2) is 9.45. The van der Waals surface area contributed by atoms with E-state index in [1.54, 1.807) is 13.0 Å². The fourth-order valence-corrected chi connectivity index (χ4v) is 3.95. The van der Waals surface area contributed by atoms with Crippen LogP contribution in [0.1, 0.15) is 23.6 Å². The maximum atomic E-state index is 12.7. The molecule has 1 saturated heterocycles. The number of nitrogens with zero attached hydrogens (tertiary/aromatic N) is 1. The predicted octanol–water partition coefficient (Wildman–Crippen LogP) is 4.74. The number of aromatic hydroxyl groups is 1. The van der Waals surface area contributed by atoms with Gasteiger partial charge in [-0.2, -0.15) is 0 Å². The smallest absolute Gasteiger partial charge is 0.294 e. The zero-order valence-corrected chi connectivity index (χ0v) is 18.8. The fraction of sp³-hybridized carbons (Fsp3) is 0.227. The second-order valence-electron chi connectivity index (χ2n) is 6.90. The summed E-state index contributed by atoms with van der Waals surface area (Å²) in [6.45, 7) is 5.58. The lowest BCUT2D eigenvalue weighted by molar-refractivity contribution is -0.127. The molecule has 1 heterocycles. The molecule has 1 aliphatic heterocycles. The van der Waals surface area contributed by atoms with Crippen molar-refractivity contribution in [3.8, 4) is 11.5 Å². The van der Waals surface area contributed by atoms with Gasteiger partial charge in [-0.3, -0.25) is 19.3 Å². The molecule has 7 nitrogen and oxygen atoms in total. The Morgan fingerprint density at radius 1 is 1.23 bits per heavy atom. The quantitative estimate of drug-likeness (QED) is 0.604. The molecule has 162 valence electrons. The Hall–Kier alpha value is -2.97. The molecule has 0 atom stereocenters. The lowest BCUT2D eigenvalue weighted by Crippen LogP contribution is -2.36. The van der Waals surface area contributed by atoms with Gasteiger partial charge in [0.25, 0.3) is 11.1 Å². The standard InChI is InChI=1S/C22H21ClN2O5S/c1-4-30-17-9-14(8-16(23)20(17)27)10-18-21(28)25(22(29)31-18)11-19(26)24-15-6-5-12(2)13(3)7-15/h5-10,27H,4,11H2,1-3H3,(H,24,26)/b18-10-. The highest BCUT2D eigenvalue weighted by Crippen LogP contribution is 2.38. The van der Waals surface area contributed by atoms with E-state index in [1.807, 2.05) is 26.0 Å². The van der Waals surface area contributed by atoms with Crippen LogP contribution in [0.2, 0.25) is 5.02 Å². The van der Waals surface area contributed by atoms with Crippen LogP contribution in [-0.4, -0.2) is 40.2 Å². The number of amides is 3. The number of hydrogen-bond acceptors (Lipinski definition) is 6. The van der Waals surface area contributed by atoms with Crippen LogP contribution >= 0.6 is 23.4 Å². The van der Waals surface area contributed by atoms with E-state index in [2.05, 4.69) is 5.32 Å². The lowest BCUT2D eigenvalue weighted by atomic mass is 10.1. The van der Waals surface area contributed by atoms with Gasteiger partial charge in [-0.15, -0.1) is 0 Å². The SMILES string of the molecule is CCOc1cc(/C=C2\SC(=O)N(CC(=O)Nc3ccc(C)c(C)c3)C2=O)cc(Cl)c1O. The molecule has 0 aromatic heterocycles. The first-order valence-electron chi connectivity index (χ1n) is 9.47. The van der Waals surface area contributed by atoms with Crippen molar-refractivity contribution >= 4 is 52.2 Å². The molecule has 31 heavy (non-hydrogen) atoms. The number of benzene rings is 2. The van der Waals surface area contributed by atoms with E-state index in [1.165, 1.54) is 18.2 Å². The number of imide groups is 1. The molecular formula is C22H21ClN2O5S. The fourth-order valence-electron chi connectivity index (χ4n) is 2.89. The minimum Gasteiger partial charge on any atom is -0.503 e. The molecule has 1 fully saturated rings. The van der Waals surface area contributed by atoms with Crippen LogP contribution in [0, 0.1) is 13.8 Å². The number of thioether (sulfide) groups is 1. The zero-order chi connectivity index (χ0) is 22.7. The number of carbonyl (C=O) groups is 3. The number of carbonyl (C=O) groups excluding carboxylic acids is 3. The summed E-state index contributed by atoms with van der Waals surface area (Å²) in [5.41, 5.74) is 3.19. The summed E-state index contributed by atoms with van der Waals surface area (Å²) in [4.78, 5) is 38.4. The summed E-state index contributed by atoms with van der Waals surface area (Å²) in [6.07, 6.45) is 1.47. The van der Waals surface area contributed by atoms with Crippen molar-refractivity contribution < 1.29 is 24.2 Å². The number of hydrogen-bond donors (Lipinski definition) is 2. The number of anilines is 1. The van der Waals surface area contributed by atoms with Crippen molar-refractivity contribution in [3.05, 3.63) is 56.9 Å². The van der Waals surface area contributed by atoms with Gasteiger partial charge < -0.3 is 15.2 Å². The van der Waals surface area contributed by atoms with Gasteiger partial charge in [0.1, 0.15) is 6.54 Å². The Labute approximate surface area is 189 Å². The van der Waals surface area contributed by atoms with Crippen molar-refractivity contribution in [2.45, 2.75) is 20.8 Å². The van der Waals surface area contributed by atoms with Crippen molar-refractivity contribution in [2.75, 3.05) is 18.5 Å². The minimum absolute atomic E-state index is 0.0594. The lowest BCUT2D eigenvalue weighted by Gasteiger charge is -2.13. The third-order valence-electron chi connectivity index (χ3n) is 4.61. The van der Waals surface area contributed by atoms with E-state index in [9.17, 15) is 19.5 Å². The van der Waals surface area contributed by atoms with Crippen LogP contribution in [0.25, 0.3) is 6.08 Å². The molecule has 2 aromatic rings. The number of phenols is 1. The van der Waals surface area contributed by atoms with Crippen LogP contribution < -0.4 is 10.1 Å². The summed E-state index contributed by atoms with van der Waals surface area (Å²) in [7, 11) is 0. The average molecular weight is 461 g/mol. The molecule has 1 aliphatic rings. The van der Waals surface area contributed by atoms with Gasteiger partial charge in [0.2, 0.25) is 5.91 Å². The molecule has 0 bridgehead atoms. The highest BCUT2D eigenvalue weighted by molar-refractivity contribution is 8.18. The molecule has 3 amide bonds. The number of aryl methyl sites for hydroxylation is 2. The molecule has 0 radical (unpaired) electrons. The first kappa shape index (κ1) is 22.7. The molecular weight excluding hydrogens is 440 g/mol. The highest BCUT2D eigenvalue weighted by Gasteiger charge is 2.36. The Bertz CT molecular complexity index is 1100. The molecule has 0 spiro atoms. The Kier molecular flexibility index (Phi) is 6.92. The van der Waals surface area contributed by atoms with Crippen LogP contribution in [0.4, 0.5) is 10.5 Å². The van der Waals surface area contributed by atoms with Crippen LogP contribution in [0.5, 0.6) is 11.5 Å². The summed E-state index contributed by atoms with van der Waals surface area (Å²) < 4.78 is 5.33. The van der Waals surface area contributed by atoms with Crippen LogP contribution in [0.15, 0.2) is 35.2 Å². The average Bonchev–Trinajstić information content (AvgIpc) is 2.96. The zero-order valence-electron chi connectivity index (χ0n) is 17.2. The van der Waals surface area contributed by atoms with E-state index >= 15 is 0 Å². The maximum Gasteiger partial charge on any atom is 0.294 e. The van der Waals surface area contributed by atoms with Gasteiger partial charge in [-0.1, -0.05) is 17.7 Å². The normalized spacial score (nSPS) is 15.0. The van der Waals surface area contributed by atoms with E-state index in [0.717, 1.165) is 27.8 Å². The molecule has 2 N–H and O–H groups in total. The van der Waals surface area contributed by atoms with Crippen LogP contribution in [-0.2, 0) is 9.59 Å². The first-order valence-corrected chi connectivity index (χ1v) is 10.7. The highest BCUT2D eigenvalue weighted by atomic mass is 35.5. The van der Waals surface area contributed by atoms with E-state index in [4.69, 9.17) is 16.3 Å². The van der Waals surface area contributed by atoms with E-state index in [0.29, 0.717) is 17.9 Å². The summed E-state index contributed by atoms with van der Waals surface area (Å²) in [6, 6.07) is 8.45. The molecule has 0 aliphatic carbocycles. The van der Waals surface area contributed by atoms with Gasteiger partial charge >= 0.3 is 0 Å². The van der Waals surface area contributed by atoms with Crippen molar-refractivity contribution in [2.24, 2.45) is 0 Å². The van der Waals surface area contributed by atoms with E-state index < -0.39 is 23.6 Å². The van der Waals surface area contributed by atoms with Crippen molar-refractivity contribution in [3.63, 3.8) is 0 Å². The number of halogens is 1. The van der Waals surface area contributed by atoms with Gasteiger partial charge in [0.15, 0.2) is 11.5 Å². The molecule has 9 heteroatoms. The second-order valence-corrected chi connectivity index (χ2v) is 8.30. The summed E-state index contributed by atoms with van der Waals surface area (Å²) in [5, 5.41) is 12.2. The molecule has 3 rings (SSSR count). The van der Waals surface area contributed by atoms with Gasteiger partial charge in [-0.25, -0.2) is 0 Å². The summed E-state index contributed by atoms with van der Waals surface area (Å²) in [5.74, 6) is -1.07. The third kappa shape index (κ3) is 5.21. The number of nitrogens with one attached hydrogen (secondary N) is 1. The largest absolute Gasteiger partial charge is 0.503 e. The number of ether oxygens (including phenoxy) is 1. The van der Waals surface area contributed by atoms with E-state index in [-0.39, 0.29) is 21.4 Å². The van der Waals surface area contributed by atoms with Gasteiger partial charge in [-0.05, 0) is 79.6 Å². The van der Waals surface area contributed by atoms with Gasteiger partial charge in [0.05, 0.1) is 16.5 Å². The number of phenolic OH excluding ortho intramolecular Hbond substituents is 1. The number of rotatable bonds is 6. The van der Waals surface area contributed by atoms with Crippen molar-refractivity contribution in [1.82, 2.24) is 4.90 Å². The molecule has 0 saturated carbocycles. The Morgan fingerprint density at radius 3 is 2.65 bits per heavy atom. The Balaban J connectivity index is 1.74. The minimum atomic E-state index is -0.576. The van der Waals surface area contributed by atoms with Gasteiger partial charge in [0, 0.05) is 5.69 Å². The molecule has 0 unspecified atom stereocenters. The predicted molar refractivity (Wildman–Crippen MR) is 122 cm³/mol. The Morgan fingerprint density at radius 2 is 1.97 bits per heavy atom. The molecule has 2 aromatic carbocycles. The first-order chi connectivity index (χ1) is 14.7. The van der Waals surface area contributed by atoms with Crippen molar-refractivity contribution in [1.29, 1.82) is 0 Å². The van der Waals surface area contributed by atoms with Crippen LogP contribution in [0.3, 0.4) is 0 Å². The maximum absolute atomic E-state index is 12.7.